The van der Waals surface area contributed by atoms with E-state index >= 15 is 0 Å². The summed E-state index contributed by atoms with van der Waals surface area (Å²) >= 11 is 0. The molecule has 6 heteroatoms. The van der Waals surface area contributed by atoms with Crippen molar-refractivity contribution in [2.75, 3.05) is 6.54 Å². The Labute approximate surface area is 165 Å². The van der Waals surface area contributed by atoms with Crippen molar-refractivity contribution < 1.29 is 4.79 Å². The summed E-state index contributed by atoms with van der Waals surface area (Å²) in [6, 6.07) is 1.94. The van der Waals surface area contributed by atoms with Gasteiger partial charge in [0.1, 0.15) is 12.9 Å². The molecule has 148 valence electrons. The third-order valence-corrected chi connectivity index (χ3v) is 5.89. The van der Waals surface area contributed by atoms with Gasteiger partial charge in [-0.05, 0) is 68.9 Å². The van der Waals surface area contributed by atoms with E-state index in [0.717, 1.165) is 49.8 Å². The topological polar surface area (TPSA) is 76.9 Å². The first-order chi connectivity index (χ1) is 13.6. The van der Waals surface area contributed by atoms with Gasteiger partial charge in [0.05, 0.1) is 5.39 Å². The summed E-state index contributed by atoms with van der Waals surface area (Å²) in [5.41, 5.74) is 3.93. The minimum Gasteiger partial charge on any atom is -0.354 e. The van der Waals surface area contributed by atoms with Crippen LogP contribution in [-0.2, 0) is 24.2 Å². The number of rotatable bonds is 5. The van der Waals surface area contributed by atoms with E-state index in [0.29, 0.717) is 23.5 Å². The number of aryl methyl sites for hydroxylation is 1. The molecule has 0 aromatic carbocycles. The molecule has 0 saturated heterocycles. The highest BCUT2D eigenvalue weighted by molar-refractivity contribution is 5.77. The summed E-state index contributed by atoms with van der Waals surface area (Å²) in [6.07, 6.45) is 12.4. The van der Waals surface area contributed by atoms with Crippen LogP contribution in [0.4, 0.5) is 0 Å². The second kappa shape index (κ2) is 8.25. The van der Waals surface area contributed by atoms with E-state index in [4.69, 9.17) is 0 Å². The number of allylic oxidation sites excluding steroid dienone is 1. The number of hydrogen-bond donors (Lipinski definition) is 1. The lowest BCUT2D eigenvalue weighted by atomic mass is 9.87. The zero-order valence-electron chi connectivity index (χ0n) is 16.5. The summed E-state index contributed by atoms with van der Waals surface area (Å²) in [6.45, 7) is 2.84. The molecule has 2 aromatic rings. The van der Waals surface area contributed by atoms with E-state index in [2.05, 4.69) is 28.3 Å². The van der Waals surface area contributed by atoms with Gasteiger partial charge in [-0.1, -0.05) is 18.6 Å². The van der Waals surface area contributed by atoms with Gasteiger partial charge < -0.3 is 5.32 Å². The van der Waals surface area contributed by atoms with Crippen molar-refractivity contribution in [3.8, 4) is 0 Å². The standard InChI is InChI=1S/C22H28N4O2/c1-15-7-8-19-17(11-15)12-18-21(25-19)24-14-26(22(18)28)13-20(27)23-10-9-16-5-3-2-4-6-16/h5,12,14-15H,2-4,6-11,13H2,1H3,(H,23,27). The second-order valence-electron chi connectivity index (χ2n) is 8.20. The molecule has 0 spiro atoms. The van der Waals surface area contributed by atoms with Crippen molar-refractivity contribution in [3.63, 3.8) is 0 Å². The van der Waals surface area contributed by atoms with Gasteiger partial charge in [-0.3, -0.25) is 14.2 Å². The van der Waals surface area contributed by atoms with Crippen molar-refractivity contribution in [2.24, 2.45) is 5.92 Å². The lowest BCUT2D eigenvalue weighted by Gasteiger charge is -2.20. The molecule has 0 aliphatic heterocycles. The Kier molecular flexibility index (Phi) is 5.55. The van der Waals surface area contributed by atoms with Crippen molar-refractivity contribution in [3.05, 3.63) is 45.7 Å². The zero-order valence-corrected chi connectivity index (χ0v) is 16.5. The fraction of sp³-hybridized carbons (Fsp3) is 0.545. The van der Waals surface area contributed by atoms with Crippen molar-refractivity contribution >= 4 is 16.9 Å². The molecule has 0 bridgehead atoms. The van der Waals surface area contributed by atoms with Crippen LogP contribution in [0.3, 0.4) is 0 Å². The average molecular weight is 380 g/mol. The number of pyridine rings is 1. The predicted octanol–water partition coefficient (Wildman–Crippen LogP) is 2.92. The maximum Gasteiger partial charge on any atom is 0.263 e. The highest BCUT2D eigenvalue weighted by atomic mass is 16.2. The lowest BCUT2D eigenvalue weighted by Crippen LogP contribution is -2.33. The number of carbonyl (C=O) groups is 1. The summed E-state index contributed by atoms with van der Waals surface area (Å²) in [4.78, 5) is 34.1. The molecular formula is C22H28N4O2. The number of amides is 1. The summed E-state index contributed by atoms with van der Waals surface area (Å²) < 4.78 is 1.39. The maximum atomic E-state index is 12.8. The number of nitrogens with one attached hydrogen (secondary N) is 1. The van der Waals surface area contributed by atoms with Crippen LogP contribution in [0.15, 0.2) is 28.8 Å². The van der Waals surface area contributed by atoms with Gasteiger partial charge in [-0.25, -0.2) is 9.97 Å². The van der Waals surface area contributed by atoms with Gasteiger partial charge in [0.2, 0.25) is 5.91 Å². The summed E-state index contributed by atoms with van der Waals surface area (Å²) in [5.74, 6) is 0.454. The number of hydrogen-bond acceptors (Lipinski definition) is 4. The second-order valence-corrected chi connectivity index (χ2v) is 8.20. The van der Waals surface area contributed by atoms with Gasteiger partial charge >= 0.3 is 0 Å². The molecule has 2 aromatic heterocycles. The molecule has 4 rings (SSSR count). The molecule has 28 heavy (non-hydrogen) atoms. The minimum absolute atomic E-state index is 0.00565. The predicted molar refractivity (Wildman–Crippen MR) is 109 cm³/mol. The monoisotopic (exact) mass is 380 g/mol. The Morgan fingerprint density at radius 2 is 2.21 bits per heavy atom. The van der Waals surface area contributed by atoms with E-state index in [1.54, 1.807) is 0 Å². The Morgan fingerprint density at radius 3 is 3.04 bits per heavy atom. The van der Waals surface area contributed by atoms with Crippen LogP contribution >= 0.6 is 0 Å². The first-order valence-corrected chi connectivity index (χ1v) is 10.4. The van der Waals surface area contributed by atoms with Crippen LogP contribution < -0.4 is 10.9 Å². The maximum absolute atomic E-state index is 12.8. The Morgan fingerprint density at radius 1 is 1.32 bits per heavy atom. The quantitative estimate of drug-likeness (QED) is 0.809. The minimum atomic E-state index is -0.191. The largest absolute Gasteiger partial charge is 0.354 e. The van der Waals surface area contributed by atoms with Crippen LogP contribution in [0.1, 0.15) is 56.7 Å². The number of carbonyl (C=O) groups excluding carboxylic acids is 1. The van der Waals surface area contributed by atoms with E-state index in [-0.39, 0.29) is 18.0 Å². The fourth-order valence-corrected chi connectivity index (χ4v) is 4.24. The zero-order chi connectivity index (χ0) is 19.5. The highest BCUT2D eigenvalue weighted by Crippen LogP contribution is 2.25. The smallest absolute Gasteiger partial charge is 0.263 e. The van der Waals surface area contributed by atoms with Gasteiger partial charge in [-0.2, -0.15) is 0 Å². The van der Waals surface area contributed by atoms with Crippen LogP contribution in [0.25, 0.3) is 11.0 Å². The number of aromatic nitrogens is 3. The highest BCUT2D eigenvalue weighted by Gasteiger charge is 2.19. The number of nitrogens with zero attached hydrogens (tertiary/aromatic N) is 3. The van der Waals surface area contributed by atoms with Crippen LogP contribution in [0, 0.1) is 5.92 Å². The molecule has 1 amide bonds. The Bertz CT molecular complexity index is 976. The van der Waals surface area contributed by atoms with Crippen LogP contribution in [0.5, 0.6) is 0 Å². The Hall–Kier alpha value is -2.50. The molecule has 0 radical (unpaired) electrons. The Balaban J connectivity index is 1.44. The van der Waals surface area contributed by atoms with Gasteiger partial charge in [0.15, 0.2) is 5.65 Å². The van der Waals surface area contributed by atoms with Crippen molar-refractivity contribution in [1.82, 2.24) is 19.9 Å². The van der Waals surface area contributed by atoms with Crippen LogP contribution in [-0.4, -0.2) is 27.0 Å². The van der Waals surface area contributed by atoms with Gasteiger partial charge in [-0.15, -0.1) is 0 Å². The summed E-state index contributed by atoms with van der Waals surface area (Å²) in [7, 11) is 0. The van der Waals surface area contributed by atoms with E-state index in [9.17, 15) is 9.59 Å². The van der Waals surface area contributed by atoms with Crippen molar-refractivity contribution in [2.45, 2.75) is 64.8 Å². The fourth-order valence-electron chi connectivity index (χ4n) is 4.24. The SMILES string of the molecule is CC1CCc2nc3ncn(CC(=O)NCCC4=CCCCC4)c(=O)c3cc2C1. The third-order valence-electron chi connectivity index (χ3n) is 5.89. The first-order valence-electron chi connectivity index (χ1n) is 10.4. The van der Waals surface area contributed by atoms with Crippen LogP contribution in [0.2, 0.25) is 0 Å². The van der Waals surface area contributed by atoms with Crippen molar-refractivity contribution in [1.29, 1.82) is 0 Å². The van der Waals surface area contributed by atoms with E-state index < -0.39 is 0 Å². The molecular weight excluding hydrogens is 352 g/mol. The normalized spacial score (nSPS) is 19.2. The van der Waals surface area contributed by atoms with Gasteiger partial charge in [0, 0.05) is 12.2 Å². The molecule has 6 nitrogen and oxygen atoms in total. The molecule has 1 unspecified atom stereocenters. The molecule has 0 saturated carbocycles. The molecule has 0 fully saturated rings. The number of fused-ring (bicyclic) bond motifs is 2. The average Bonchev–Trinajstić information content (AvgIpc) is 2.70. The molecule has 1 atom stereocenters. The third kappa shape index (κ3) is 4.16. The molecule has 2 heterocycles. The van der Waals surface area contributed by atoms with E-state index in [1.165, 1.54) is 29.3 Å². The lowest BCUT2D eigenvalue weighted by molar-refractivity contribution is -0.121. The first kappa shape index (κ1) is 18.8. The molecule has 2 aliphatic carbocycles. The molecule has 1 N–H and O–H groups in total. The van der Waals surface area contributed by atoms with E-state index in [1.807, 2.05) is 6.07 Å². The molecule has 2 aliphatic rings. The van der Waals surface area contributed by atoms with Gasteiger partial charge in [0.25, 0.3) is 5.56 Å². The summed E-state index contributed by atoms with van der Waals surface area (Å²) in [5, 5.41) is 3.44.